The van der Waals surface area contributed by atoms with E-state index in [1.165, 1.54) is 22.6 Å². The van der Waals surface area contributed by atoms with Crippen LogP contribution < -0.4 is 5.32 Å². The van der Waals surface area contributed by atoms with Crippen LogP contribution in [-0.2, 0) is 6.42 Å². The second kappa shape index (κ2) is 5.59. The maximum absolute atomic E-state index is 13.1. The van der Waals surface area contributed by atoms with Gasteiger partial charge in [0.15, 0.2) is 0 Å². The van der Waals surface area contributed by atoms with Crippen LogP contribution in [-0.4, -0.2) is 7.05 Å². The van der Waals surface area contributed by atoms with E-state index in [1.807, 2.05) is 12.4 Å². The number of halogens is 2. The fraction of sp³-hybridized carbons (Fsp3) is 0.286. The van der Waals surface area contributed by atoms with Gasteiger partial charge in [0, 0.05) is 17.0 Å². The molecule has 0 bridgehead atoms. The average molecular weight is 267 g/mol. The summed E-state index contributed by atoms with van der Waals surface area (Å²) in [6.45, 7) is 2.05. The van der Waals surface area contributed by atoms with E-state index in [9.17, 15) is 8.78 Å². The molecule has 96 valence electrons. The quantitative estimate of drug-likeness (QED) is 0.887. The van der Waals surface area contributed by atoms with E-state index in [-0.39, 0.29) is 6.04 Å². The monoisotopic (exact) mass is 267 g/mol. The van der Waals surface area contributed by atoms with E-state index >= 15 is 0 Å². The van der Waals surface area contributed by atoms with Crippen LogP contribution in [0.3, 0.4) is 0 Å². The number of hydrogen-bond donors (Lipinski definition) is 1. The lowest BCUT2D eigenvalue weighted by atomic mass is 9.99. The first-order chi connectivity index (χ1) is 8.60. The first-order valence-corrected chi connectivity index (χ1v) is 6.64. The molecular formula is C14H15F2NS. The summed E-state index contributed by atoms with van der Waals surface area (Å²) in [4.78, 5) is 1.23. The third kappa shape index (κ3) is 2.94. The van der Waals surface area contributed by atoms with Gasteiger partial charge in [-0.1, -0.05) is 0 Å². The molecule has 1 atom stereocenters. The van der Waals surface area contributed by atoms with Gasteiger partial charge in [0.05, 0.1) is 0 Å². The highest BCUT2D eigenvalue weighted by Crippen LogP contribution is 2.25. The summed E-state index contributed by atoms with van der Waals surface area (Å²) in [7, 11) is 1.86. The van der Waals surface area contributed by atoms with Crippen molar-refractivity contribution < 1.29 is 8.78 Å². The molecule has 1 aromatic heterocycles. The molecule has 0 amide bonds. The minimum absolute atomic E-state index is 0.0810. The van der Waals surface area contributed by atoms with Crippen LogP contribution in [0.5, 0.6) is 0 Å². The van der Waals surface area contributed by atoms with Crippen LogP contribution in [0.4, 0.5) is 8.78 Å². The van der Waals surface area contributed by atoms with Gasteiger partial charge in [0.1, 0.15) is 11.6 Å². The van der Waals surface area contributed by atoms with E-state index in [4.69, 9.17) is 0 Å². The minimum Gasteiger partial charge on any atom is -0.313 e. The first-order valence-electron chi connectivity index (χ1n) is 5.76. The lowest BCUT2D eigenvalue weighted by Crippen LogP contribution is -2.19. The number of rotatable bonds is 4. The van der Waals surface area contributed by atoms with Crippen molar-refractivity contribution in [3.63, 3.8) is 0 Å². The molecule has 0 fully saturated rings. The Bertz CT molecular complexity index is 516. The molecule has 0 radical (unpaired) electrons. The molecule has 1 unspecified atom stereocenters. The van der Waals surface area contributed by atoms with Gasteiger partial charge in [0.2, 0.25) is 0 Å². The lowest BCUT2D eigenvalue weighted by molar-refractivity contribution is 0.562. The van der Waals surface area contributed by atoms with Crippen molar-refractivity contribution in [1.82, 2.24) is 5.32 Å². The summed E-state index contributed by atoms with van der Waals surface area (Å²) < 4.78 is 26.3. The van der Waals surface area contributed by atoms with Crippen LogP contribution in [0, 0.1) is 18.6 Å². The predicted molar refractivity (Wildman–Crippen MR) is 70.9 cm³/mol. The number of nitrogens with one attached hydrogen (secondary N) is 1. The molecule has 0 saturated heterocycles. The molecule has 18 heavy (non-hydrogen) atoms. The molecule has 1 nitrogen and oxygen atoms in total. The van der Waals surface area contributed by atoms with Crippen molar-refractivity contribution in [2.24, 2.45) is 0 Å². The zero-order chi connectivity index (χ0) is 13.1. The Morgan fingerprint density at radius 1 is 1.22 bits per heavy atom. The zero-order valence-corrected chi connectivity index (χ0v) is 11.2. The Kier molecular flexibility index (Phi) is 4.09. The van der Waals surface area contributed by atoms with E-state index in [0.29, 0.717) is 12.0 Å². The average Bonchev–Trinajstić information content (AvgIpc) is 2.71. The standard InChI is InChI=1S/C14H15F2NS/c1-9-13(3-4-18-9)14(17-2)7-10-5-11(15)8-12(16)6-10/h3-6,8,14,17H,7H2,1-2H3. The number of benzene rings is 1. The first kappa shape index (κ1) is 13.2. The molecule has 2 rings (SSSR count). The number of hydrogen-bond acceptors (Lipinski definition) is 2. The highest BCUT2D eigenvalue weighted by atomic mass is 32.1. The topological polar surface area (TPSA) is 12.0 Å². The normalized spacial score (nSPS) is 12.7. The van der Waals surface area contributed by atoms with Crippen molar-refractivity contribution in [3.05, 3.63) is 57.3 Å². The van der Waals surface area contributed by atoms with Crippen molar-refractivity contribution in [2.45, 2.75) is 19.4 Å². The largest absolute Gasteiger partial charge is 0.313 e. The van der Waals surface area contributed by atoms with Crippen LogP contribution >= 0.6 is 11.3 Å². The Morgan fingerprint density at radius 3 is 2.39 bits per heavy atom. The van der Waals surface area contributed by atoms with Crippen LogP contribution in [0.25, 0.3) is 0 Å². The maximum Gasteiger partial charge on any atom is 0.126 e. The van der Waals surface area contributed by atoms with E-state index in [2.05, 4.69) is 18.3 Å². The summed E-state index contributed by atoms with van der Waals surface area (Å²) >= 11 is 1.68. The van der Waals surface area contributed by atoms with Gasteiger partial charge in [-0.15, -0.1) is 11.3 Å². The van der Waals surface area contributed by atoms with Crippen LogP contribution in [0.2, 0.25) is 0 Å². The molecule has 0 spiro atoms. The van der Waals surface area contributed by atoms with Crippen molar-refractivity contribution >= 4 is 11.3 Å². The summed E-state index contributed by atoms with van der Waals surface area (Å²) in [6.07, 6.45) is 0.572. The van der Waals surface area contributed by atoms with Crippen molar-refractivity contribution in [2.75, 3.05) is 7.05 Å². The predicted octanol–water partition coefficient (Wildman–Crippen LogP) is 3.84. The SMILES string of the molecule is CNC(Cc1cc(F)cc(F)c1)c1ccsc1C. The zero-order valence-electron chi connectivity index (χ0n) is 10.3. The smallest absolute Gasteiger partial charge is 0.126 e. The fourth-order valence-corrected chi connectivity index (χ4v) is 2.85. The van der Waals surface area contributed by atoms with Gasteiger partial charge < -0.3 is 5.32 Å². The maximum atomic E-state index is 13.1. The molecular weight excluding hydrogens is 252 g/mol. The summed E-state index contributed by atoms with van der Waals surface area (Å²) in [5.74, 6) is -1.05. The molecule has 0 aliphatic rings. The van der Waals surface area contributed by atoms with Gasteiger partial charge >= 0.3 is 0 Å². The molecule has 0 aliphatic heterocycles. The van der Waals surface area contributed by atoms with Crippen molar-refractivity contribution in [3.8, 4) is 0 Å². The van der Waals surface area contributed by atoms with Gasteiger partial charge in [-0.3, -0.25) is 0 Å². The van der Waals surface area contributed by atoms with E-state index in [0.717, 1.165) is 6.07 Å². The summed E-state index contributed by atoms with van der Waals surface area (Å²) in [5.41, 5.74) is 1.85. The number of thiophene rings is 1. The van der Waals surface area contributed by atoms with Gasteiger partial charge in [-0.2, -0.15) is 0 Å². The molecule has 1 N–H and O–H groups in total. The molecule has 1 heterocycles. The van der Waals surface area contributed by atoms with Crippen molar-refractivity contribution in [1.29, 1.82) is 0 Å². The Morgan fingerprint density at radius 2 is 1.89 bits per heavy atom. The Balaban J connectivity index is 2.23. The Labute approximate surface area is 109 Å². The molecule has 0 saturated carbocycles. The van der Waals surface area contributed by atoms with E-state index in [1.54, 1.807) is 11.3 Å². The molecule has 0 aliphatic carbocycles. The third-order valence-electron chi connectivity index (χ3n) is 2.98. The highest BCUT2D eigenvalue weighted by Gasteiger charge is 2.14. The van der Waals surface area contributed by atoms with Crippen LogP contribution in [0.1, 0.15) is 22.0 Å². The highest BCUT2D eigenvalue weighted by molar-refractivity contribution is 7.10. The second-order valence-electron chi connectivity index (χ2n) is 4.26. The molecule has 1 aromatic carbocycles. The minimum atomic E-state index is -0.526. The summed E-state index contributed by atoms with van der Waals surface area (Å²) in [6, 6.07) is 5.80. The Hall–Kier alpha value is -1.26. The van der Waals surface area contributed by atoms with E-state index < -0.39 is 11.6 Å². The van der Waals surface area contributed by atoms with Gasteiger partial charge in [-0.05, 0) is 55.1 Å². The lowest BCUT2D eigenvalue weighted by Gasteiger charge is -2.16. The molecule has 4 heteroatoms. The second-order valence-corrected chi connectivity index (χ2v) is 5.38. The number of likely N-dealkylation sites (N-methyl/N-ethyl adjacent to an activating group) is 1. The summed E-state index contributed by atoms with van der Waals surface area (Å²) in [5, 5.41) is 5.22. The number of aryl methyl sites for hydroxylation is 1. The molecule has 2 aromatic rings. The van der Waals surface area contributed by atoms with Gasteiger partial charge in [0.25, 0.3) is 0 Å². The van der Waals surface area contributed by atoms with Crippen LogP contribution in [0.15, 0.2) is 29.6 Å². The van der Waals surface area contributed by atoms with Gasteiger partial charge in [-0.25, -0.2) is 8.78 Å². The fourth-order valence-electron chi connectivity index (χ4n) is 2.09. The third-order valence-corrected chi connectivity index (χ3v) is 3.85.